The average Bonchev–Trinajstić information content (AvgIpc) is 2.61. The Morgan fingerprint density at radius 1 is 0.792 bits per heavy atom. The van der Waals surface area contributed by atoms with E-state index in [2.05, 4.69) is 6.92 Å². The van der Waals surface area contributed by atoms with E-state index in [1.54, 1.807) is 20.3 Å². The van der Waals surface area contributed by atoms with E-state index in [-0.39, 0.29) is 0 Å². The Balaban J connectivity index is 2.43. The van der Waals surface area contributed by atoms with Crippen LogP contribution in [0.15, 0.2) is 24.3 Å². The SMILES string of the molecule is COc1ccc(/C=C/c2cc(C=O)c(OC)c(OC)c2)c(C)c1C. The molecule has 0 atom stereocenters. The van der Waals surface area contributed by atoms with Gasteiger partial charge in [0, 0.05) is 0 Å². The van der Waals surface area contributed by atoms with Crippen LogP contribution in [-0.2, 0) is 0 Å². The Labute approximate surface area is 142 Å². The second kappa shape index (κ2) is 7.68. The minimum absolute atomic E-state index is 0.445. The van der Waals surface area contributed by atoms with Gasteiger partial charge in [-0.15, -0.1) is 0 Å². The zero-order valence-electron chi connectivity index (χ0n) is 14.7. The molecule has 0 unspecified atom stereocenters. The lowest BCUT2D eigenvalue weighted by Crippen LogP contribution is -1.96. The van der Waals surface area contributed by atoms with Crippen molar-refractivity contribution in [1.29, 1.82) is 0 Å². The summed E-state index contributed by atoms with van der Waals surface area (Å²) in [6.07, 6.45) is 4.72. The molecule has 0 amide bonds. The van der Waals surface area contributed by atoms with E-state index in [9.17, 15) is 4.79 Å². The number of aldehydes is 1. The summed E-state index contributed by atoms with van der Waals surface area (Å²) in [5, 5.41) is 0. The molecule has 0 fully saturated rings. The molecule has 2 aromatic carbocycles. The maximum absolute atomic E-state index is 11.3. The molecule has 126 valence electrons. The normalized spacial score (nSPS) is 10.7. The van der Waals surface area contributed by atoms with Crippen molar-refractivity contribution in [2.75, 3.05) is 21.3 Å². The van der Waals surface area contributed by atoms with Crippen molar-refractivity contribution in [3.8, 4) is 17.2 Å². The van der Waals surface area contributed by atoms with Gasteiger partial charge in [-0.25, -0.2) is 0 Å². The molecule has 0 aromatic heterocycles. The van der Waals surface area contributed by atoms with Crippen molar-refractivity contribution in [3.05, 3.63) is 52.1 Å². The number of hydrogen-bond donors (Lipinski definition) is 0. The standard InChI is InChI=1S/C20H22O4/c1-13-14(2)18(22-3)9-8-16(13)7-6-15-10-17(12-21)20(24-5)19(11-15)23-4/h6-12H,1-5H3/b7-6+. The zero-order valence-corrected chi connectivity index (χ0v) is 14.7. The van der Waals surface area contributed by atoms with Gasteiger partial charge < -0.3 is 14.2 Å². The van der Waals surface area contributed by atoms with Crippen molar-refractivity contribution >= 4 is 18.4 Å². The van der Waals surface area contributed by atoms with Gasteiger partial charge in [0.1, 0.15) is 5.75 Å². The van der Waals surface area contributed by atoms with Crippen LogP contribution in [0.25, 0.3) is 12.2 Å². The summed E-state index contributed by atoms with van der Waals surface area (Å²) in [5.74, 6) is 1.85. The molecular formula is C20H22O4. The third-order valence-electron chi connectivity index (χ3n) is 4.11. The van der Waals surface area contributed by atoms with Crippen LogP contribution in [0.5, 0.6) is 17.2 Å². The van der Waals surface area contributed by atoms with Crippen molar-refractivity contribution in [3.63, 3.8) is 0 Å². The van der Waals surface area contributed by atoms with Crippen molar-refractivity contribution < 1.29 is 19.0 Å². The van der Waals surface area contributed by atoms with Gasteiger partial charge in [0.15, 0.2) is 17.8 Å². The predicted molar refractivity (Wildman–Crippen MR) is 96.3 cm³/mol. The summed E-state index contributed by atoms with van der Waals surface area (Å²) in [6.45, 7) is 4.09. The number of rotatable bonds is 6. The maximum atomic E-state index is 11.3. The Morgan fingerprint density at radius 3 is 2.08 bits per heavy atom. The van der Waals surface area contributed by atoms with Gasteiger partial charge in [-0.05, 0) is 54.3 Å². The Morgan fingerprint density at radius 2 is 1.50 bits per heavy atom. The number of carbonyl (C=O) groups is 1. The highest BCUT2D eigenvalue weighted by atomic mass is 16.5. The fourth-order valence-corrected chi connectivity index (χ4v) is 2.60. The molecule has 24 heavy (non-hydrogen) atoms. The second-order valence-electron chi connectivity index (χ2n) is 5.40. The van der Waals surface area contributed by atoms with E-state index in [1.807, 2.05) is 37.3 Å². The number of methoxy groups -OCH3 is 3. The fraction of sp³-hybridized carbons (Fsp3) is 0.250. The van der Waals surface area contributed by atoms with E-state index in [1.165, 1.54) is 7.11 Å². The summed E-state index contributed by atoms with van der Waals surface area (Å²) in [6, 6.07) is 7.58. The molecule has 0 radical (unpaired) electrons. The molecule has 0 saturated carbocycles. The van der Waals surface area contributed by atoms with Gasteiger partial charge >= 0.3 is 0 Å². The minimum Gasteiger partial charge on any atom is -0.496 e. The topological polar surface area (TPSA) is 44.8 Å². The molecular weight excluding hydrogens is 304 g/mol. The molecule has 0 spiro atoms. The third-order valence-corrected chi connectivity index (χ3v) is 4.11. The highest BCUT2D eigenvalue weighted by molar-refractivity contribution is 5.84. The first-order valence-electron chi connectivity index (χ1n) is 7.59. The van der Waals surface area contributed by atoms with Crippen molar-refractivity contribution in [2.24, 2.45) is 0 Å². The third kappa shape index (κ3) is 3.43. The summed E-state index contributed by atoms with van der Waals surface area (Å²) in [5.41, 5.74) is 4.68. The first-order chi connectivity index (χ1) is 11.5. The number of carbonyl (C=O) groups excluding carboxylic acids is 1. The second-order valence-corrected chi connectivity index (χ2v) is 5.40. The average molecular weight is 326 g/mol. The predicted octanol–water partition coefficient (Wildman–Crippen LogP) is 4.31. The van der Waals surface area contributed by atoms with E-state index in [0.717, 1.165) is 34.3 Å². The first-order valence-corrected chi connectivity index (χ1v) is 7.59. The van der Waals surface area contributed by atoms with E-state index in [0.29, 0.717) is 17.1 Å². The zero-order chi connectivity index (χ0) is 17.7. The maximum Gasteiger partial charge on any atom is 0.171 e. The molecule has 0 N–H and O–H groups in total. The smallest absolute Gasteiger partial charge is 0.171 e. The Bertz CT molecular complexity index is 776. The Kier molecular flexibility index (Phi) is 5.64. The summed E-state index contributed by atoms with van der Waals surface area (Å²) in [7, 11) is 4.74. The molecule has 0 aliphatic carbocycles. The lowest BCUT2D eigenvalue weighted by Gasteiger charge is -2.11. The molecule has 4 nitrogen and oxygen atoms in total. The lowest BCUT2D eigenvalue weighted by molar-refractivity contribution is 0.112. The molecule has 0 bridgehead atoms. The van der Waals surface area contributed by atoms with Crippen LogP contribution in [-0.4, -0.2) is 27.6 Å². The number of ether oxygens (including phenoxy) is 3. The minimum atomic E-state index is 0.445. The van der Waals surface area contributed by atoms with Crippen LogP contribution < -0.4 is 14.2 Å². The van der Waals surface area contributed by atoms with Crippen molar-refractivity contribution in [2.45, 2.75) is 13.8 Å². The molecule has 0 aliphatic heterocycles. The van der Waals surface area contributed by atoms with Gasteiger partial charge in [-0.1, -0.05) is 18.2 Å². The molecule has 2 aromatic rings. The Hall–Kier alpha value is -2.75. The van der Waals surface area contributed by atoms with Gasteiger partial charge in [-0.3, -0.25) is 4.79 Å². The van der Waals surface area contributed by atoms with Gasteiger partial charge in [0.2, 0.25) is 0 Å². The molecule has 4 heteroatoms. The highest BCUT2D eigenvalue weighted by Crippen LogP contribution is 2.32. The largest absolute Gasteiger partial charge is 0.496 e. The highest BCUT2D eigenvalue weighted by Gasteiger charge is 2.11. The van der Waals surface area contributed by atoms with E-state index < -0.39 is 0 Å². The number of hydrogen-bond acceptors (Lipinski definition) is 4. The van der Waals surface area contributed by atoms with Crippen LogP contribution in [0.4, 0.5) is 0 Å². The summed E-state index contributed by atoms with van der Waals surface area (Å²) in [4.78, 5) is 11.3. The van der Waals surface area contributed by atoms with Crippen LogP contribution >= 0.6 is 0 Å². The summed E-state index contributed by atoms with van der Waals surface area (Å²) >= 11 is 0. The van der Waals surface area contributed by atoms with Crippen LogP contribution in [0.2, 0.25) is 0 Å². The van der Waals surface area contributed by atoms with Crippen molar-refractivity contribution in [1.82, 2.24) is 0 Å². The lowest BCUT2D eigenvalue weighted by atomic mass is 10.0. The van der Waals surface area contributed by atoms with E-state index >= 15 is 0 Å². The molecule has 2 rings (SSSR count). The van der Waals surface area contributed by atoms with Gasteiger partial charge in [0.05, 0.1) is 26.9 Å². The van der Waals surface area contributed by atoms with Crippen LogP contribution in [0, 0.1) is 13.8 Å². The fourth-order valence-electron chi connectivity index (χ4n) is 2.60. The van der Waals surface area contributed by atoms with Crippen LogP contribution in [0.3, 0.4) is 0 Å². The van der Waals surface area contributed by atoms with Crippen LogP contribution in [0.1, 0.15) is 32.6 Å². The van der Waals surface area contributed by atoms with Gasteiger partial charge in [0.25, 0.3) is 0 Å². The van der Waals surface area contributed by atoms with E-state index in [4.69, 9.17) is 14.2 Å². The summed E-state index contributed by atoms with van der Waals surface area (Å²) < 4.78 is 15.9. The molecule has 0 aliphatic rings. The molecule has 0 heterocycles. The quantitative estimate of drug-likeness (QED) is 0.586. The monoisotopic (exact) mass is 326 g/mol. The number of benzene rings is 2. The van der Waals surface area contributed by atoms with Gasteiger partial charge in [-0.2, -0.15) is 0 Å². The molecule has 0 saturated heterocycles. The first kappa shape index (κ1) is 17.6.